The van der Waals surface area contributed by atoms with Crippen LogP contribution in [0.4, 0.5) is 0 Å². The van der Waals surface area contributed by atoms with Crippen LogP contribution >= 0.6 is 11.3 Å². The summed E-state index contributed by atoms with van der Waals surface area (Å²) in [6, 6.07) is 0.253. The molecule has 2 heterocycles. The summed E-state index contributed by atoms with van der Waals surface area (Å²) in [5.41, 5.74) is 1.21. The molecule has 0 amide bonds. The molecule has 0 fully saturated rings. The largest absolute Gasteiger partial charge is 0.324 e. The molecule has 98 valence electrons. The highest BCUT2D eigenvalue weighted by Gasteiger charge is 2.13. The lowest BCUT2D eigenvalue weighted by molar-refractivity contribution is 0.524. The number of hydrogen-bond donors (Lipinski definition) is 1. The van der Waals surface area contributed by atoms with Crippen molar-refractivity contribution in [2.75, 3.05) is 6.54 Å². The molecular formula is C13H20N4S. The topological polar surface area (TPSA) is 42.7 Å². The fraction of sp³-hybridized carbons (Fsp3) is 0.538. The fourth-order valence-corrected chi connectivity index (χ4v) is 2.56. The molecule has 4 nitrogen and oxygen atoms in total. The van der Waals surface area contributed by atoms with E-state index in [4.69, 9.17) is 0 Å². The number of hydrogen-bond acceptors (Lipinski definition) is 4. The summed E-state index contributed by atoms with van der Waals surface area (Å²) < 4.78 is 2.19. The van der Waals surface area contributed by atoms with Gasteiger partial charge in [0.15, 0.2) is 0 Å². The normalized spacial score (nSPS) is 13.1. The van der Waals surface area contributed by atoms with Crippen LogP contribution in [0.5, 0.6) is 0 Å². The first-order valence-electron chi connectivity index (χ1n) is 6.29. The van der Waals surface area contributed by atoms with Crippen molar-refractivity contribution in [3.05, 3.63) is 34.8 Å². The van der Waals surface area contributed by atoms with Crippen LogP contribution in [0.15, 0.2) is 24.1 Å². The van der Waals surface area contributed by atoms with Crippen molar-refractivity contribution in [3.8, 4) is 0 Å². The van der Waals surface area contributed by atoms with E-state index in [2.05, 4.69) is 40.6 Å². The molecule has 2 rings (SSSR count). The fourth-order valence-electron chi connectivity index (χ4n) is 1.87. The minimum absolute atomic E-state index is 0.253. The number of aromatic nitrogens is 3. The van der Waals surface area contributed by atoms with E-state index in [1.165, 1.54) is 5.69 Å². The Morgan fingerprint density at radius 3 is 2.89 bits per heavy atom. The highest BCUT2D eigenvalue weighted by Crippen LogP contribution is 2.21. The van der Waals surface area contributed by atoms with Crippen molar-refractivity contribution in [2.45, 2.75) is 33.4 Å². The lowest BCUT2D eigenvalue weighted by atomic mass is 10.2. The number of imidazole rings is 1. The smallest absolute Gasteiger partial charge is 0.115 e. The van der Waals surface area contributed by atoms with Crippen LogP contribution in [0.1, 0.15) is 37.5 Å². The summed E-state index contributed by atoms with van der Waals surface area (Å²) in [6.07, 6.45) is 5.67. The second kappa shape index (κ2) is 6.11. The number of nitrogens with zero attached hydrogens (tertiary/aromatic N) is 3. The highest BCUT2D eigenvalue weighted by molar-refractivity contribution is 7.09. The molecule has 1 unspecified atom stereocenters. The van der Waals surface area contributed by atoms with Gasteiger partial charge in [-0.15, -0.1) is 11.3 Å². The van der Waals surface area contributed by atoms with E-state index in [1.807, 2.05) is 24.1 Å². The van der Waals surface area contributed by atoms with Gasteiger partial charge < -0.3 is 9.88 Å². The molecule has 18 heavy (non-hydrogen) atoms. The van der Waals surface area contributed by atoms with Crippen molar-refractivity contribution in [2.24, 2.45) is 5.92 Å². The molecule has 0 aliphatic heterocycles. The molecule has 0 radical (unpaired) electrons. The summed E-state index contributed by atoms with van der Waals surface area (Å²) >= 11 is 1.69. The van der Waals surface area contributed by atoms with E-state index in [-0.39, 0.29) is 6.04 Å². The van der Waals surface area contributed by atoms with Gasteiger partial charge in [-0.05, 0) is 19.4 Å². The van der Waals surface area contributed by atoms with Gasteiger partial charge in [0.2, 0.25) is 0 Å². The van der Waals surface area contributed by atoms with E-state index >= 15 is 0 Å². The summed E-state index contributed by atoms with van der Waals surface area (Å²) in [7, 11) is 0. The van der Waals surface area contributed by atoms with E-state index < -0.39 is 0 Å². The van der Waals surface area contributed by atoms with Crippen LogP contribution in [0, 0.1) is 5.92 Å². The zero-order valence-corrected chi connectivity index (χ0v) is 11.9. The molecule has 0 bridgehead atoms. The third-order valence-electron chi connectivity index (χ3n) is 2.83. The van der Waals surface area contributed by atoms with E-state index in [9.17, 15) is 0 Å². The minimum atomic E-state index is 0.253. The SMILES string of the molecule is CC(C)CNCc1cncn1C(C)c1nccs1. The van der Waals surface area contributed by atoms with Crippen molar-refractivity contribution in [1.29, 1.82) is 0 Å². The highest BCUT2D eigenvalue weighted by atomic mass is 32.1. The predicted molar refractivity (Wildman–Crippen MR) is 74.7 cm³/mol. The third-order valence-corrected chi connectivity index (χ3v) is 3.78. The van der Waals surface area contributed by atoms with Crippen LogP contribution in [-0.2, 0) is 6.54 Å². The van der Waals surface area contributed by atoms with Gasteiger partial charge in [0.1, 0.15) is 5.01 Å². The Hall–Kier alpha value is -1.20. The van der Waals surface area contributed by atoms with Gasteiger partial charge >= 0.3 is 0 Å². The van der Waals surface area contributed by atoms with E-state index in [1.54, 1.807) is 11.3 Å². The van der Waals surface area contributed by atoms with Crippen LogP contribution in [0.3, 0.4) is 0 Å². The van der Waals surface area contributed by atoms with Crippen LogP contribution < -0.4 is 5.32 Å². The average Bonchev–Trinajstić information content (AvgIpc) is 2.98. The maximum Gasteiger partial charge on any atom is 0.115 e. The van der Waals surface area contributed by atoms with Crippen molar-refractivity contribution in [3.63, 3.8) is 0 Å². The Balaban J connectivity index is 2.03. The van der Waals surface area contributed by atoms with Gasteiger partial charge in [-0.2, -0.15) is 0 Å². The summed E-state index contributed by atoms with van der Waals surface area (Å²) in [5, 5.41) is 6.59. The molecule has 0 aliphatic carbocycles. The van der Waals surface area contributed by atoms with Crippen LogP contribution in [0.25, 0.3) is 0 Å². The first kappa shape index (κ1) is 13.2. The average molecular weight is 264 g/mol. The van der Waals surface area contributed by atoms with Crippen LogP contribution in [0.2, 0.25) is 0 Å². The third kappa shape index (κ3) is 3.17. The molecule has 0 saturated heterocycles. The van der Waals surface area contributed by atoms with Gasteiger partial charge in [0.25, 0.3) is 0 Å². The second-order valence-electron chi connectivity index (χ2n) is 4.86. The van der Waals surface area contributed by atoms with Crippen LogP contribution in [-0.4, -0.2) is 21.1 Å². The number of rotatable bonds is 6. The Morgan fingerprint density at radius 1 is 1.39 bits per heavy atom. The quantitative estimate of drug-likeness (QED) is 0.872. The minimum Gasteiger partial charge on any atom is -0.324 e. The molecule has 1 atom stereocenters. The summed E-state index contributed by atoms with van der Waals surface area (Å²) in [5.74, 6) is 0.665. The first-order valence-corrected chi connectivity index (χ1v) is 7.17. The van der Waals surface area contributed by atoms with Gasteiger partial charge in [-0.25, -0.2) is 9.97 Å². The molecule has 0 aromatic carbocycles. The molecule has 1 N–H and O–H groups in total. The zero-order chi connectivity index (χ0) is 13.0. The standard InChI is InChI=1S/C13H20N4S/c1-10(2)6-14-7-12-8-15-9-17(12)11(3)13-16-4-5-18-13/h4-5,8-11,14H,6-7H2,1-3H3. The van der Waals surface area contributed by atoms with Gasteiger partial charge in [0.05, 0.1) is 18.1 Å². The number of nitrogens with one attached hydrogen (secondary N) is 1. The first-order chi connectivity index (χ1) is 8.68. The lowest BCUT2D eigenvalue weighted by Gasteiger charge is -2.15. The van der Waals surface area contributed by atoms with E-state index in [0.29, 0.717) is 5.92 Å². The monoisotopic (exact) mass is 264 g/mol. The molecular weight excluding hydrogens is 244 g/mol. The molecule has 0 saturated carbocycles. The maximum absolute atomic E-state index is 4.37. The Labute approximate surface area is 112 Å². The van der Waals surface area contributed by atoms with Gasteiger partial charge in [-0.1, -0.05) is 13.8 Å². The Morgan fingerprint density at radius 2 is 2.22 bits per heavy atom. The molecule has 0 aliphatic rings. The van der Waals surface area contributed by atoms with Crippen molar-refractivity contribution >= 4 is 11.3 Å². The van der Waals surface area contributed by atoms with Gasteiger partial charge in [-0.3, -0.25) is 0 Å². The molecule has 0 spiro atoms. The Bertz CT molecular complexity index is 461. The van der Waals surface area contributed by atoms with E-state index in [0.717, 1.165) is 18.1 Å². The van der Waals surface area contributed by atoms with Crippen molar-refractivity contribution in [1.82, 2.24) is 19.9 Å². The van der Waals surface area contributed by atoms with Crippen molar-refractivity contribution < 1.29 is 0 Å². The molecule has 2 aromatic heterocycles. The number of thiazole rings is 1. The molecule has 2 aromatic rings. The summed E-state index contributed by atoms with van der Waals surface area (Å²) in [4.78, 5) is 8.62. The summed E-state index contributed by atoms with van der Waals surface area (Å²) in [6.45, 7) is 8.46. The predicted octanol–water partition coefficient (Wildman–Crippen LogP) is 2.69. The molecule has 5 heteroatoms. The maximum atomic E-state index is 4.37. The van der Waals surface area contributed by atoms with Gasteiger partial charge in [0, 0.05) is 24.3 Å². The second-order valence-corrected chi connectivity index (χ2v) is 5.79. The lowest BCUT2D eigenvalue weighted by Crippen LogP contribution is -2.21. The Kier molecular flexibility index (Phi) is 4.49. The zero-order valence-electron chi connectivity index (χ0n) is 11.1.